The highest BCUT2D eigenvalue weighted by molar-refractivity contribution is 5.86. The van der Waals surface area contributed by atoms with E-state index in [2.05, 4.69) is 75.4 Å². The highest BCUT2D eigenvalue weighted by Crippen LogP contribution is 2.31. The van der Waals surface area contributed by atoms with Crippen molar-refractivity contribution >= 4 is 41.6 Å². The molecule has 3 heterocycles. The van der Waals surface area contributed by atoms with E-state index in [4.69, 9.17) is 4.98 Å². The van der Waals surface area contributed by atoms with Crippen LogP contribution in [0.15, 0.2) is 54.6 Å². The van der Waals surface area contributed by atoms with E-state index in [1.165, 1.54) is 54.6 Å². The summed E-state index contributed by atoms with van der Waals surface area (Å²) in [6, 6.07) is 19.3. The summed E-state index contributed by atoms with van der Waals surface area (Å²) in [6.45, 7) is 6.46. The van der Waals surface area contributed by atoms with Crippen molar-refractivity contribution in [2.75, 3.05) is 13.1 Å². The van der Waals surface area contributed by atoms with E-state index < -0.39 is 0 Å². The Balaban J connectivity index is 0.00000120. The van der Waals surface area contributed by atoms with E-state index in [-0.39, 0.29) is 24.8 Å². The minimum atomic E-state index is 0. The minimum Gasteiger partial charge on any atom is -0.310 e. The van der Waals surface area contributed by atoms with Gasteiger partial charge in [0.2, 0.25) is 5.78 Å². The molecule has 1 saturated heterocycles. The van der Waals surface area contributed by atoms with Crippen LogP contribution in [-0.2, 0) is 13.1 Å². The number of hydrogen-bond acceptors (Lipinski definition) is 2. The number of benzene rings is 2. The number of hydrogen-bond donors (Lipinski definition) is 0. The molecule has 6 heteroatoms. The lowest BCUT2D eigenvalue weighted by atomic mass is 10.1. The first kappa shape index (κ1) is 21.7. The van der Waals surface area contributed by atoms with Crippen molar-refractivity contribution in [2.24, 2.45) is 0 Å². The third-order valence-electron chi connectivity index (χ3n) is 5.80. The molecule has 0 spiro atoms. The number of rotatable bonds is 4. The molecule has 0 unspecified atom stereocenters. The summed E-state index contributed by atoms with van der Waals surface area (Å²) >= 11 is 0. The maximum absolute atomic E-state index is 5.16. The number of para-hydroxylation sites is 2. The highest BCUT2D eigenvalue weighted by atomic mass is 35.5. The molecule has 5 rings (SSSR count). The van der Waals surface area contributed by atoms with Crippen molar-refractivity contribution in [3.8, 4) is 11.3 Å². The Morgan fingerprint density at radius 1 is 0.828 bits per heavy atom. The molecule has 0 atom stereocenters. The Hall–Kier alpha value is -2.01. The van der Waals surface area contributed by atoms with Gasteiger partial charge in [-0.1, -0.05) is 48.9 Å². The van der Waals surface area contributed by atoms with E-state index >= 15 is 0 Å². The lowest BCUT2D eigenvalue weighted by molar-refractivity contribution is 0.218. The summed E-state index contributed by atoms with van der Waals surface area (Å²) in [6.07, 6.45) is 3.97. The van der Waals surface area contributed by atoms with Crippen molar-refractivity contribution < 1.29 is 0 Å². The van der Waals surface area contributed by atoms with Crippen molar-refractivity contribution in [3.63, 3.8) is 0 Å². The van der Waals surface area contributed by atoms with Crippen LogP contribution in [0.5, 0.6) is 0 Å². The molecule has 0 N–H and O–H groups in total. The third kappa shape index (κ3) is 3.77. The second-order valence-electron chi connectivity index (χ2n) is 7.48. The van der Waals surface area contributed by atoms with Crippen molar-refractivity contribution in [2.45, 2.75) is 39.3 Å². The molecule has 0 bridgehead atoms. The summed E-state index contributed by atoms with van der Waals surface area (Å²) in [5.74, 6) is 1.06. The molecule has 1 fully saturated rings. The first-order chi connectivity index (χ1) is 13.4. The lowest BCUT2D eigenvalue weighted by Crippen LogP contribution is -2.29. The van der Waals surface area contributed by atoms with Gasteiger partial charge in [-0.3, -0.25) is 9.30 Å². The van der Waals surface area contributed by atoms with Crippen LogP contribution in [0, 0.1) is 0 Å². The number of piperidine rings is 1. The Kier molecular flexibility index (Phi) is 6.89. The summed E-state index contributed by atoms with van der Waals surface area (Å²) in [4.78, 5) is 7.75. The topological polar surface area (TPSA) is 25.5 Å². The fourth-order valence-electron chi connectivity index (χ4n) is 4.48. The minimum absolute atomic E-state index is 0. The molecular weight excluding hydrogens is 403 g/mol. The predicted octanol–water partition coefficient (Wildman–Crippen LogP) is 5.81. The van der Waals surface area contributed by atoms with Gasteiger partial charge in [-0.2, -0.15) is 0 Å². The number of aromatic nitrogens is 3. The van der Waals surface area contributed by atoms with Crippen LogP contribution in [0.25, 0.3) is 28.1 Å². The molecule has 2 aromatic carbocycles. The van der Waals surface area contributed by atoms with Crippen LogP contribution in [0.2, 0.25) is 0 Å². The van der Waals surface area contributed by atoms with Crippen LogP contribution < -0.4 is 0 Å². The van der Waals surface area contributed by atoms with Crippen molar-refractivity contribution in [1.29, 1.82) is 0 Å². The van der Waals surface area contributed by atoms with Gasteiger partial charge in [0.25, 0.3) is 0 Å². The van der Waals surface area contributed by atoms with E-state index in [9.17, 15) is 0 Å². The lowest BCUT2D eigenvalue weighted by Gasteiger charge is -2.26. The van der Waals surface area contributed by atoms with Gasteiger partial charge in [0.1, 0.15) is 0 Å². The van der Waals surface area contributed by atoms with E-state index in [1.807, 2.05) is 0 Å². The van der Waals surface area contributed by atoms with Crippen LogP contribution in [0.4, 0.5) is 0 Å². The maximum Gasteiger partial charge on any atom is 0.215 e. The Labute approximate surface area is 184 Å². The Bertz CT molecular complexity index is 1080. The zero-order valence-electron chi connectivity index (χ0n) is 16.8. The number of nitrogens with zero attached hydrogens (tertiary/aromatic N) is 4. The quantitative estimate of drug-likeness (QED) is 0.408. The smallest absolute Gasteiger partial charge is 0.215 e. The summed E-state index contributed by atoms with van der Waals surface area (Å²) < 4.78 is 4.73. The predicted molar refractivity (Wildman–Crippen MR) is 125 cm³/mol. The van der Waals surface area contributed by atoms with Crippen LogP contribution >= 0.6 is 24.8 Å². The van der Waals surface area contributed by atoms with Crippen LogP contribution in [-0.4, -0.2) is 31.9 Å². The molecular formula is C23H28Cl2N4. The molecule has 154 valence electrons. The summed E-state index contributed by atoms with van der Waals surface area (Å²) in [7, 11) is 0. The number of halogens is 2. The molecule has 4 aromatic rings. The van der Waals surface area contributed by atoms with Crippen molar-refractivity contribution in [1.82, 2.24) is 18.9 Å². The van der Waals surface area contributed by atoms with E-state index in [0.29, 0.717) is 0 Å². The molecule has 4 nitrogen and oxygen atoms in total. The van der Waals surface area contributed by atoms with Gasteiger partial charge < -0.3 is 4.57 Å². The van der Waals surface area contributed by atoms with E-state index in [0.717, 1.165) is 24.6 Å². The molecule has 0 radical (unpaired) electrons. The van der Waals surface area contributed by atoms with E-state index in [1.54, 1.807) is 0 Å². The molecule has 29 heavy (non-hydrogen) atoms. The maximum atomic E-state index is 5.16. The monoisotopic (exact) mass is 430 g/mol. The fourth-order valence-corrected chi connectivity index (χ4v) is 4.48. The zero-order chi connectivity index (χ0) is 18.2. The van der Waals surface area contributed by atoms with Gasteiger partial charge in [-0.25, -0.2) is 4.98 Å². The molecule has 0 aliphatic carbocycles. The third-order valence-corrected chi connectivity index (χ3v) is 5.80. The second-order valence-corrected chi connectivity index (χ2v) is 7.48. The first-order valence-corrected chi connectivity index (χ1v) is 10.1. The summed E-state index contributed by atoms with van der Waals surface area (Å²) in [5.41, 5.74) is 6.18. The van der Waals surface area contributed by atoms with Gasteiger partial charge in [-0.15, -0.1) is 24.8 Å². The molecule has 0 saturated carbocycles. The molecule has 1 aliphatic heterocycles. The largest absolute Gasteiger partial charge is 0.310 e. The van der Waals surface area contributed by atoms with Gasteiger partial charge in [0.15, 0.2) is 0 Å². The second kappa shape index (κ2) is 9.21. The zero-order valence-corrected chi connectivity index (χ0v) is 18.4. The van der Waals surface area contributed by atoms with Gasteiger partial charge in [0.05, 0.1) is 22.4 Å². The average molecular weight is 431 g/mol. The number of likely N-dealkylation sites (tertiary alicyclic amines) is 1. The van der Waals surface area contributed by atoms with Crippen molar-refractivity contribution in [3.05, 3.63) is 60.3 Å². The first-order valence-electron chi connectivity index (χ1n) is 10.1. The standard InChI is InChI=1S/C23H26N4.2ClH/c1-2-26-19-13-7-8-14-20(19)27-21(17-25-15-9-4-10-16-25)22(24-23(26)27)18-11-5-3-6-12-18;;/h3,5-8,11-14H,2,4,9-10,15-17H2,1H3;2*1H. The van der Waals surface area contributed by atoms with Gasteiger partial charge in [0, 0.05) is 18.7 Å². The van der Waals surface area contributed by atoms with Gasteiger partial charge >= 0.3 is 0 Å². The summed E-state index contributed by atoms with van der Waals surface area (Å²) in [5, 5.41) is 0. The average Bonchev–Trinajstić information content (AvgIpc) is 3.24. The molecule has 1 aliphatic rings. The normalized spacial score (nSPS) is 14.7. The number of aryl methyl sites for hydroxylation is 1. The van der Waals surface area contributed by atoms with Crippen LogP contribution in [0.3, 0.4) is 0 Å². The molecule has 2 aromatic heterocycles. The van der Waals surface area contributed by atoms with Crippen LogP contribution in [0.1, 0.15) is 31.9 Å². The van der Waals surface area contributed by atoms with Gasteiger partial charge in [-0.05, 0) is 45.0 Å². The Morgan fingerprint density at radius 3 is 2.17 bits per heavy atom. The SMILES string of the molecule is CCn1c2ccccc2n2c(CN3CCCCC3)c(-c3ccccc3)nc12.Cl.Cl. The highest BCUT2D eigenvalue weighted by Gasteiger charge is 2.22. The fraction of sp³-hybridized carbons (Fsp3) is 0.348. The Morgan fingerprint density at radius 2 is 1.48 bits per heavy atom. The number of imidazole rings is 2. The molecule has 0 amide bonds. The number of fused-ring (bicyclic) bond motifs is 3.